The number of hydrogen-bond donors (Lipinski definition) is 2. The van der Waals surface area contributed by atoms with Gasteiger partial charge in [0.05, 0.1) is 12.1 Å². The lowest BCUT2D eigenvalue weighted by atomic mass is 10.0. The number of likely N-dealkylation sites (tertiary alicyclic amines) is 1. The largest absolute Gasteiger partial charge is 0.393 e. The van der Waals surface area contributed by atoms with Gasteiger partial charge in [-0.15, -0.1) is 0 Å². The summed E-state index contributed by atoms with van der Waals surface area (Å²) < 4.78 is 0. The number of carbonyl (C=O) groups is 1. The van der Waals surface area contributed by atoms with E-state index in [0.29, 0.717) is 13.0 Å². The number of carbonyl (C=O) groups excluding carboxylic acids is 1. The number of rotatable bonds is 7. The summed E-state index contributed by atoms with van der Waals surface area (Å²) in [5, 5.41) is 12.8. The standard InChI is InChI=1S/C13H26N2O2/c1-3-8-14-12-6-5-9-15(13(12)17)10-7-11(16)4-2/h11-12,14,16H,3-10H2,1-2H3. The van der Waals surface area contributed by atoms with Crippen LogP contribution in [0.15, 0.2) is 0 Å². The molecule has 1 rings (SSSR count). The first-order valence-electron chi connectivity index (χ1n) is 6.89. The molecule has 2 N–H and O–H groups in total. The number of piperidine rings is 1. The van der Waals surface area contributed by atoms with Crippen molar-refractivity contribution in [2.75, 3.05) is 19.6 Å². The molecule has 17 heavy (non-hydrogen) atoms. The van der Waals surface area contributed by atoms with Crippen LogP contribution in [0.2, 0.25) is 0 Å². The van der Waals surface area contributed by atoms with E-state index in [1.54, 1.807) is 0 Å². The van der Waals surface area contributed by atoms with Crippen molar-refractivity contribution in [1.29, 1.82) is 0 Å². The molecule has 2 atom stereocenters. The van der Waals surface area contributed by atoms with Crippen LogP contribution in [0.3, 0.4) is 0 Å². The third-order valence-corrected chi connectivity index (χ3v) is 3.37. The van der Waals surface area contributed by atoms with Gasteiger partial charge in [0.15, 0.2) is 0 Å². The zero-order valence-electron chi connectivity index (χ0n) is 11.1. The highest BCUT2D eigenvalue weighted by atomic mass is 16.3. The molecule has 2 unspecified atom stereocenters. The molecule has 0 saturated carbocycles. The van der Waals surface area contributed by atoms with Gasteiger partial charge in [0.2, 0.25) is 5.91 Å². The SMILES string of the molecule is CCCNC1CCCN(CCC(O)CC)C1=O. The average Bonchev–Trinajstić information content (AvgIpc) is 2.35. The van der Waals surface area contributed by atoms with Crippen LogP contribution < -0.4 is 5.32 Å². The van der Waals surface area contributed by atoms with E-state index >= 15 is 0 Å². The molecule has 0 aromatic rings. The molecule has 1 saturated heterocycles. The lowest BCUT2D eigenvalue weighted by Gasteiger charge is -2.33. The summed E-state index contributed by atoms with van der Waals surface area (Å²) in [6, 6.07) is 0.00229. The van der Waals surface area contributed by atoms with E-state index < -0.39 is 0 Å². The summed E-state index contributed by atoms with van der Waals surface area (Å²) in [5.74, 6) is 0.216. The van der Waals surface area contributed by atoms with E-state index in [1.165, 1.54) is 0 Å². The summed E-state index contributed by atoms with van der Waals surface area (Å²) in [4.78, 5) is 14.0. The van der Waals surface area contributed by atoms with Gasteiger partial charge in [-0.05, 0) is 38.6 Å². The number of amides is 1. The molecule has 100 valence electrons. The van der Waals surface area contributed by atoms with Gasteiger partial charge in [-0.3, -0.25) is 4.79 Å². The summed E-state index contributed by atoms with van der Waals surface area (Å²) in [5.41, 5.74) is 0. The van der Waals surface area contributed by atoms with Crippen molar-refractivity contribution in [1.82, 2.24) is 10.2 Å². The van der Waals surface area contributed by atoms with E-state index in [-0.39, 0.29) is 18.1 Å². The van der Waals surface area contributed by atoms with E-state index in [0.717, 1.165) is 38.8 Å². The zero-order chi connectivity index (χ0) is 12.7. The maximum absolute atomic E-state index is 12.1. The first kappa shape index (κ1) is 14.5. The van der Waals surface area contributed by atoms with Crippen molar-refractivity contribution < 1.29 is 9.90 Å². The normalized spacial score (nSPS) is 22.9. The van der Waals surface area contributed by atoms with Gasteiger partial charge in [-0.2, -0.15) is 0 Å². The van der Waals surface area contributed by atoms with Gasteiger partial charge < -0.3 is 15.3 Å². The second-order valence-electron chi connectivity index (χ2n) is 4.82. The highest BCUT2D eigenvalue weighted by Gasteiger charge is 2.27. The van der Waals surface area contributed by atoms with Gasteiger partial charge in [0.25, 0.3) is 0 Å². The van der Waals surface area contributed by atoms with E-state index in [2.05, 4.69) is 12.2 Å². The third kappa shape index (κ3) is 4.64. The Morgan fingerprint density at radius 3 is 2.94 bits per heavy atom. The minimum atomic E-state index is -0.272. The molecule has 0 radical (unpaired) electrons. The molecular weight excluding hydrogens is 216 g/mol. The number of hydrogen-bond acceptors (Lipinski definition) is 3. The Morgan fingerprint density at radius 2 is 2.29 bits per heavy atom. The summed E-state index contributed by atoms with van der Waals surface area (Å²) in [6.45, 7) is 6.52. The molecule has 1 aliphatic heterocycles. The Kier molecular flexibility index (Phi) is 6.52. The Morgan fingerprint density at radius 1 is 1.53 bits per heavy atom. The number of nitrogens with one attached hydrogen (secondary N) is 1. The molecule has 4 heteroatoms. The van der Waals surface area contributed by atoms with Crippen LogP contribution in [0.4, 0.5) is 0 Å². The van der Waals surface area contributed by atoms with E-state index in [4.69, 9.17) is 0 Å². The van der Waals surface area contributed by atoms with Crippen LogP contribution in [0.1, 0.15) is 46.0 Å². The van der Waals surface area contributed by atoms with Gasteiger partial charge in [-0.25, -0.2) is 0 Å². The molecule has 1 amide bonds. The molecular formula is C13H26N2O2. The van der Waals surface area contributed by atoms with Gasteiger partial charge in [-0.1, -0.05) is 13.8 Å². The topological polar surface area (TPSA) is 52.6 Å². The first-order valence-corrected chi connectivity index (χ1v) is 6.89. The fourth-order valence-corrected chi connectivity index (χ4v) is 2.18. The minimum Gasteiger partial charge on any atom is -0.393 e. The van der Waals surface area contributed by atoms with Gasteiger partial charge in [0, 0.05) is 13.1 Å². The zero-order valence-corrected chi connectivity index (χ0v) is 11.1. The average molecular weight is 242 g/mol. The smallest absolute Gasteiger partial charge is 0.239 e. The van der Waals surface area contributed by atoms with E-state index in [9.17, 15) is 9.90 Å². The predicted molar refractivity (Wildman–Crippen MR) is 68.8 cm³/mol. The van der Waals surface area contributed by atoms with Crippen molar-refractivity contribution in [2.24, 2.45) is 0 Å². The Labute approximate surface area is 104 Å². The summed E-state index contributed by atoms with van der Waals surface area (Å²) in [6.07, 6.45) is 4.26. The second-order valence-corrected chi connectivity index (χ2v) is 4.82. The fourth-order valence-electron chi connectivity index (χ4n) is 2.18. The second kappa shape index (κ2) is 7.67. The molecule has 0 bridgehead atoms. The van der Waals surface area contributed by atoms with Gasteiger partial charge >= 0.3 is 0 Å². The maximum atomic E-state index is 12.1. The van der Waals surface area contributed by atoms with E-state index in [1.807, 2.05) is 11.8 Å². The Balaban J connectivity index is 2.36. The molecule has 1 aliphatic rings. The van der Waals surface area contributed by atoms with Crippen molar-refractivity contribution in [3.63, 3.8) is 0 Å². The van der Waals surface area contributed by atoms with Crippen LogP contribution >= 0.6 is 0 Å². The lowest BCUT2D eigenvalue weighted by molar-refractivity contribution is -0.136. The number of nitrogens with zero attached hydrogens (tertiary/aromatic N) is 1. The van der Waals surface area contributed by atoms with Crippen molar-refractivity contribution in [3.8, 4) is 0 Å². The molecule has 0 aliphatic carbocycles. The van der Waals surface area contributed by atoms with Crippen molar-refractivity contribution in [3.05, 3.63) is 0 Å². The first-order chi connectivity index (χ1) is 8.19. The predicted octanol–water partition coefficient (Wildman–Crippen LogP) is 1.14. The van der Waals surface area contributed by atoms with Crippen molar-refractivity contribution in [2.45, 2.75) is 58.1 Å². The quantitative estimate of drug-likeness (QED) is 0.704. The maximum Gasteiger partial charge on any atom is 0.239 e. The molecule has 4 nitrogen and oxygen atoms in total. The summed E-state index contributed by atoms with van der Waals surface area (Å²) in [7, 11) is 0. The highest BCUT2D eigenvalue weighted by molar-refractivity contribution is 5.82. The van der Waals surface area contributed by atoms with Crippen LogP contribution in [-0.2, 0) is 4.79 Å². The Hall–Kier alpha value is -0.610. The molecule has 0 aromatic heterocycles. The molecule has 1 fully saturated rings. The Bertz CT molecular complexity index is 233. The molecule has 0 aromatic carbocycles. The summed E-state index contributed by atoms with van der Waals surface area (Å²) >= 11 is 0. The monoisotopic (exact) mass is 242 g/mol. The van der Waals surface area contributed by atoms with Crippen LogP contribution in [0, 0.1) is 0 Å². The number of aliphatic hydroxyl groups is 1. The highest BCUT2D eigenvalue weighted by Crippen LogP contribution is 2.13. The number of aliphatic hydroxyl groups excluding tert-OH is 1. The minimum absolute atomic E-state index is 0.00229. The van der Waals surface area contributed by atoms with Crippen LogP contribution in [0.5, 0.6) is 0 Å². The molecule has 0 spiro atoms. The van der Waals surface area contributed by atoms with Crippen LogP contribution in [0.25, 0.3) is 0 Å². The third-order valence-electron chi connectivity index (χ3n) is 3.37. The van der Waals surface area contributed by atoms with Crippen molar-refractivity contribution >= 4 is 5.91 Å². The van der Waals surface area contributed by atoms with Gasteiger partial charge in [0.1, 0.15) is 0 Å². The van der Waals surface area contributed by atoms with Crippen LogP contribution in [-0.4, -0.2) is 47.7 Å². The molecule has 1 heterocycles. The fraction of sp³-hybridized carbons (Fsp3) is 0.923. The lowest BCUT2D eigenvalue weighted by Crippen LogP contribution is -2.51.